The van der Waals surface area contributed by atoms with Crippen molar-refractivity contribution in [3.8, 4) is 21.7 Å². The van der Waals surface area contributed by atoms with Crippen LogP contribution in [0.15, 0.2) is 91.0 Å². The molecule has 0 atom stereocenters. The highest BCUT2D eigenvalue weighted by molar-refractivity contribution is 7.19. The molecule has 0 unspecified atom stereocenters. The molecule has 4 N–H and O–H groups in total. The number of benzene rings is 3. The molecule has 194 valence electrons. The number of methoxy groups -OCH3 is 1. The third-order valence-electron chi connectivity index (χ3n) is 5.53. The Kier molecular flexibility index (Phi) is 7.76. The Morgan fingerprint density at radius 2 is 1.56 bits per heavy atom. The summed E-state index contributed by atoms with van der Waals surface area (Å²) in [6.45, 7) is 0. The fourth-order valence-electron chi connectivity index (χ4n) is 3.68. The highest BCUT2D eigenvalue weighted by Gasteiger charge is 2.21. The normalized spacial score (nSPS) is 10.5. The molecule has 0 aliphatic heterocycles. The van der Waals surface area contributed by atoms with E-state index in [1.54, 1.807) is 18.2 Å². The maximum absolute atomic E-state index is 12.4. The van der Waals surface area contributed by atoms with Gasteiger partial charge in [-0.3, -0.25) is 5.41 Å². The SMILES string of the molecule is COC(=O)c1nc(Nc2ccccc2NC(=N)Nc2ccc(-c3ccccc3)nn2)sc1-c1ccc(Cl)cc1. The quantitative estimate of drug-likeness (QED) is 0.0969. The zero-order valence-electron chi connectivity index (χ0n) is 20.6. The minimum Gasteiger partial charge on any atom is -0.464 e. The number of anilines is 4. The number of rotatable bonds is 7. The second kappa shape index (κ2) is 11.7. The number of carbonyl (C=O) groups excluding carboxylic acids is 1. The molecule has 5 rings (SSSR count). The van der Waals surface area contributed by atoms with Crippen molar-refractivity contribution in [2.75, 3.05) is 23.1 Å². The van der Waals surface area contributed by atoms with E-state index in [9.17, 15) is 4.79 Å². The molecular formula is C28H22ClN7O2S. The molecule has 9 nitrogen and oxygen atoms in total. The molecular weight excluding hydrogens is 534 g/mol. The predicted molar refractivity (Wildman–Crippen MR) is 156 cm³/mol. The fourth-order valence-corrected chi connectivity index (χ4v) is 4.77. The van der Waals surface area contributed by atoms with Crippen LogP contribution in [0.5, 0.6) is 0 Å². The van der Waals surface area contributed by atoms with Crippen LogP contribution in [0.25, 0.3) is 21.7 Å². The summed E-state index contributed by atoms with van der Waals surface area (Å²) in [5.41, 5.74) is 3.96. The van der Waals surface area contributed by atoms with Gasteiger partial charge in [0.25, 0.3) is 0 Å². The molecule has 3 aromatic carbocycles. The molecule has 0 amide bonds. The first-order chi connectivity index (χ1) is 19.0. The van der Waals surface area contributed by atoms with Gasteiger partial charge in [-0.2, -0.15) is 0 Å². The van der Waals surface area contributed by atoms with Crippen LogP contribution < -0.4 is 16.0 Å². The second-order valence-corrected chi connectivity index (χ2v) is 9.60. The van der Waals surface area contributed by atoms with Crippen molar-refractivity contribution < 1.29 is 9.53 Å². The molecule has 0 bridgehead atoms. The van der Waals surface area contributed by atoms with Gasteiger partial charge in [0, 0.05) is 10.6 Å². The Balaban J connectivity index is 1.32. The Bertz CT molecular complexity index is 1610. The van der Waals surface area contributed by atoms with Crippen LogP contribution in [0.1, 0.15) is 10.5 Å². The number of ether oxygens (including phenoxy) is 1. The van der Waals surface area contributed by atoms with E-state index in [-0.39, 0.29) is 11.7 Å². The molecule has 2 heterocycles. The maximum Gasteiger partial charge on any atom is 0.358 e. The number of thiazole rings is 1. The van der Waals surface area contributed by atoms with Crippen LogP contribution in [-0.4, -0.2) is 34.2 Å². The van der Waals surface area contributed by atoms with Gasteiger partial charge in [0.15, 0.2) is 22.6 Å². The number of carbonyl (C=O) groups is 1. The van der Waals surface area contributed by atoms with Crippen molar-refractivity contribution in [1.29, 1.82) is 5.41 Å². The van der Waals surface area contributed by atoms with Crippen molar-refractivity contribution in [2.24, 2.45) is 0 Å². The molecule has 5 aromatic rings. The van der Waals surface area contributed by atoms with Gasteiger partial charge in [-0.15, -0.1) is 10.2 Å². The van der Waals surface area contributed by atoms with Gasteiger partial charge in [-0.05, 0) is 42.0 Å². The van der Waals surface area contributed by atoms with Gasteiger partial charge in [-0.1, -0.05) is 77.5 Å². The van der Waals surface area contributed by atoms with Gasteiger partial charge >= 0.3 is 5.97 Å². The van der Waals surface area contributed by atoms with Crippen molar-refractivity contribution in [3.63, 3.8) is 0 Å². The van der Waals surface area contributed by atoms with E-state index < -0.39 is 5.97 Å². The van der Waals surface area contributed by atoms with E-state index >= 15 is 0 Å². The van der Waals surface area contributed by atoms with E-state index in [1.165, 1.54) is 18.4 Å². The largest absolute Gasteiger partial charge is 0.464 e. The van der Waals surface area contributed by atoms with Crippen LogP contribution >= 0.6 is 22.9 Å². The smallest absolute Gasteiger partial charge is 0.358 e. The number of guanidine groups is 1. The number of nitrogens with one attached hydrogen (secondary N) is 4. The van der Waals surface area contributed by atoms with E-state index in [2.05, 4.69) is 31.1 Å². The molecule has 0 saturated heterocycles. The minimum atomic E-state index is -0.541. The molecule has 0 spiro atoms. The average Bonchev–Trinajstić information content (AvgIpc) is 3.38. The first kappa shape index (κ1) is 25.8. The monoisotopic (exact) mass is 555 g/mol. The predicted octanol–water partition coefficient (Wildman–Crippen LogP) is 6.91. The lowest BCUT2D eigenvalue weighted by atomic mass is 10.1. The molecule has 0 aliphatic rings. The fraction of sp³-hybridized carbons (Fsp3) is 0.0357. The zero-order chi connectivity index (χ0) is 27.2. The zero-order valence-corrected chi connectivity index (χ0v) is 22.2. The number of esters is 1. The van der Waals surface area contributed by atoms with Crippen LogP contribution in [-0.2, 0) is 4.74 Å². The topological polar surface area (TPSA) is 125 Å². The van der Waals surface area contributed by atoms with E-state index in [0.717, 1.165) is 16.8 Å². The number of para-hydroxylation sites is 2. The third kappa shape index (κ3) is 6.20. The van der Waals surface area contributed by atoms with E-state index in [4.69, 9.17) is 21.7 Å². The lowest BCUT2D eigenvalue weighted by Crippen LogP contribution is -2.21. The lowest BCUT2D eigenvalue weighted by molar-refractivity contribution is 0.0596. The highest BCUT2D eigenvalue weighted by Crippen LogP contribution is 2.36. The third-order valence-corrected chi connectivity index (χ3v) is 6.80. The van der Waals surface area contributed by atoms with Gasteiger partial charge in [0.2, 0.25) is 0 Å². The summed E-state index contributed by atoms with van der Waals surface area (Å²) in [5, 5.41) is 27.1. The summed E-state index contributed by atoms with van der Waals surface area (Å²) in [5.74, 6) is -0.115. The van der Waals surface area contributed by atoms with Crippen LogP contribution in [0.3, 0.4) is 0 Å². The van der Waals surface area contributed by atoms with Crippen molar-refractivity contribution >= 4 is 57.2 Å². The first-order valence-corrected chi connectivity index (χ1v) is 12.9. The van der Waals surface area contributed by atoms with Crippen molar-refractivity contribution in [3.05, 3.63) is 102 Å². The Morgan fingerprint density at radius 1 is 0.846 bits per heavy atom. The van der Waals surface area contributed by atoms with Crippen LogP contribution in [0.2, 0.25) is 5.02 Å². The average molecular weight is 556 g/mol. The number of hydrogen-bond donors (Lipinski definition) is 4. The summed E-state index contributed by atoms with van der Waals surface area (Å²) >= 11 is 7.34. The Morgan fingerprint density at radius 3 is 2.26 bits per heavy atom. The molecule has 0 fully saturated rings. The summed E-state index contributed by atoms with van der Waals surface area (Å²) in [7, 11) is 1.32. The molecule has 0 saturated carbocycles. The number of hydrogen-bond acceptors (Lipinski definition) is 8. The Labute approximate surface area is 233 Å². The number of aromatic nitrogens is 3. The van der Waals surface area contributed by atoms with Crippen molar-refractivity contribution in [1.82, 2.24) is 15.2 Å². The van der Waals surface area contributed by atoms with Gasteiger partial charge in [0.1, 0.15) is 0 Å². The molecule has 2 aromatic heterocycles. The summed E-state index contributed by atoms with van der Waals surface area (Å²) in [4.78, 5) is 17.6. The standard InChI is InChI=1S/C28H22ClN7O2S/c1-38-26(37)24-25(18-11-13-19(29)14-12-18)39-28(34-24)32-22-10-6-5-9-21(22)31-27(30)33-23-16-15-20(35-36-23)17-7-3-2-4-8-17/h2-16H,1H3,(H,32,34)(H3,30,31,33,36). The van der Waals surface area contributed by atoms with Crippen LogP contribution in [0, 0.1) is 5.41 Å². The second-order valence-electron chi connectivity index (χ2n) is 8.16. The molecule has 39 heavy (non-hydrogen) atoms. The molecule has 0 radical (unpaired) electrons. The number of halogens is 1. The first-order valence-electron chi connectivity index (χ1n) is 11.7. The molecule has 11 heteroatoms. The summed E-state index contributed by atoms with van der Waals surface area (Å²) in [6.07, 6.45) is 0. The van der Waals surface area contributed by atoms with E-state index in [0.29, 0.717) is 32.2 Å². The van der Waals surface area contributed by atoms with Crippen molar-refractivity contribution in [2.45, 2.75) is 0 Å². The van der Waals surface area contributed by atoms with E-state index in [1.807, 2.05) is 72.8 Å². The van der Waals surface area contributed by atoms with Gasteiger partial charge in [-0.25, -0.2) is 9.78 Å². The Hall–Kier alpha value is -4.80. The number of nitrogens with zero attached hydrogens (tertiary/aromatic N) is 3. The highest BCUT2D eigenvalue weighted by atomic mass is 35.5. The lowest BCUT2D eigenvalue weighted by Gasteiger charge is -2.14. The minimum absolute atomic E-state index is 0.00209. The molecule has 0 aliphatic carbocycles. The summed E-state index contributed by atoms with van der Waals surface area (Å²) < 4.78 is 4.94. The van der Waals surface area contributed by atoms with Crippen LogP contribution in [0.4, 0.5) is 22.3 Å². The maximum atomic E-state index is 12.4. The van der Waals surface area contributed by atoms with Gasteiger partial charge in [0.05, 0.1) is 29.1 Å². The van der Waals surface area contributed by atoms with Gasteiger partial charge < -0.3 is 20.7 Å². The summed E-state index contributed by atoms with van der Waals surface area (Å²) in [6, 6.07) is 27.8.